The Bertz CT molecular complexity index is 787. The first kappa shape index (κ1) is 12.1. The summed E-state index contributed by atoms with van der Waals surface area (Å²) in [6, 6.07) is 10.9. The number of aromatic nitrogens is 2. The number of aromatic carboxylic acids is 1. The van der Waals surface area contributed by atoms with Crippen LogP contribution in [0, 0.1) is 0 Å². The van der Waals surface area contributed by atoms with Crippen LogP contribution < -0.4 is 5.32 Å². The van der Waals surface area contributed by atoms with Crippen LogP contribution in [-0.4, -0.2) is 21.0 Å². The highest BCUT2D eigenvalue weighted by Gasteiger charge is 2.09. The van der Waals surface area contributed by atoms with Crippen LogP contribution in [0.1, 0.15) is 10.4 Å². The quantitative estimate of drug-likeness (QED) is 0.761. The Hall–Kier alpha value is -2.95. The minimum atomic E-state index is -0.989. The predicted octanol–water partition coefficient (Wildman–Crippen LogP) is 3.07. The van der Waals surface area contributed by atoms with Crippen molar-refractivity contribution in [1.29, 1.82) is 0 Å². The van der Waals surface area contributed by atoms with Gasteiger partial charge in [0.25, 0.3) is 0 Å². The summed E-state index contributed by atoms with van der Waals surface area (Å²) in [6.45, 7) is 0. The van der Waals surface area contributed by atoms with Gasteiger partial charge in [0.05, 0.1) is 23.0 Å². The third-order valence-electron chi connectivity index (χ3n) is 2.93. The highest BCUT2D eigenvalue weighted by atomic mass is 16.4. The van der Waals surface area contributed by atoms with E-state index in [9.17, 15) is 4.79 Å². The van der Waals surface area contributed by atoms with Crippen LogP contribution in [0.15, 0.2) is 55.0 Å². The molecule has 0 aliphatic rings. The van der Waals surface area contributed by atoms with Gasteiger partial charge in [0.1, 0.15) is 0 Å². The number of benzene rings is 1. The zero-order chi connectivity index (χ0) is 13.9. The molecule has 0 radical (unpaired) electrons. The van der Waals surface area contributed by atoms with Crippen LogP contribution in [0.2, 0.25) is 0 Å². The van der Waals surface area contributed by atoms with Crippen molar-refractivity contribution >= 4 is 28.2 Å². The lowest BCUT2D eigenvalue weighted by Crippen LogP contribution is -2.03. The summed E-state index contributed by atoms with van der Waals surface area (Å²) in [5, 5.41) is 13.2. The Morgan fingerprint density at radius 2 is 2.05 bits per heavy atom. The number of nitrogens with one attached hydrogen (secondary N) is 1. The van der Waals surface area contributed by atoms with Crippen molar-refractivity contribution in [2.45, 2.75) is 0 Å². The van der Waals surface area contributed by atoms with Gasteiger partial charge in [-0.25, -0.2) is 4.79 Å². The number of hydrogen-bond acceptors (Lipinski definition) is 4. The molecule has 0 aliphatic heterocycles. The first-order valence-corrected chi connectivity index (χ1v) is 6.03. The molecule has 3 rings (SSSR count). The molecule has 20 heavy (non-hydrogen) atoms. The van der Waals surface area contributed by atoms with Gasteiger partial charge in [-0.05, 0) is 30.3 Å². The number of carboxylic acid groups (broad SMARTS) is 1. The van der Waals surface area contributed by atoms with Crippen molar-refractivity contribution in [2.75, 3.05) is 5.32 Å². The fraction of sp³-hybridized carbons (Fsp3) is 0. The summed E-state index contributed by atoms with van der Waals surface area (Å²) >= 11 is 0. The standard InChI is InChI=1S/C15H11N3O2/c19-15(20)12-5-7-16-9-14(12)18-11-3-4-13-10(8-11)2-1-6-17-13/h1-9,18H,(H,19,20). The summed E-state index contributed by atoms with van der Waals surface area (Å²) in [7, 11) is 0. The molecule has 0 saturated carbocycles. The van der Waals surface area contributed by atoms with Gasteiger partial charge >= 0.3 is 5.97 Å². The monoisotopic (exact) mass is 265 g/mol. The number of hydrogen-bond donors (Lipinski definition) is 2. The van der Waals surface area contributed by atoms with E-state index in [1.807, 2.05) is 30.3 Å². The first-order valence-electron chi connectivity index (χ1n) is 6.03. The van der Waals surface area contributed by atoms with Gasteiger partial charge < -0.3 is 10.4 Å². The maximum atomic E-state index is 11.1. The molecule has 2 N–H and O–H groups in total. The van der Waals surface area contributed by atoms with Crippen molar-refractivity contribution in [1.82, 2.24) is 9.97 Å². The fourth-order valence-electron chi connectivity index (χ4n) is 1.99. The van der Waals surface area contributed by atoms with E-state index >= 15 is 0 Å². The van der Waals surface area contributed by atoms with E-state index < -0.39 is 5.97 Å². The van der Waals surface area contributed by atoms with Crippen molar-refractivity contribution in [2.24, 2.45) is 0 Å². The van der Waals surface area contributed by atoms with Crippen LogP contribution >= 0.6 is 0 Å². The minimum absolute atomic E-state index is 0.186. The van der Waals surface area contributed by atoms with Crippen LogP contribution in [0.4, 0.5) is 11.4 Å². The minimum Gasteiger partial charge on any atom is -0.478 e. The lowest BCUT2D eigenvalue weighted by atomic mass is 10.2. The van der Waals surface area contributed by atoms with Gasteiger partial charge in [-0.1, -0.05) is 6.07 Å². The molecule has 1 aromatic carbocycles. The second-order valence-corrected chi connectivity index (χ2v) is 4.26. The maximum Gasteiger partial charge on any atom is 0.337 e. The first-order chi connectivity index (χ1) is 9.74. The largest absolute Gasteiger partial charge is 0.478 e. The molecule has 2 aromatic heterocycles. The molecule has 2 heterocycles. The van der Waals surface area contributed by atoms with Gasteiger partial charge in [0.15, 0.2) is 0 Å². The second-order valence-electron chi connectivity index (χ2n) is 4.26. The van der Waals surface area contributed by atoms with Crippen molar-refractivity contribution in [3.63, 3.8) is 0 Å². The Labute approximate surface area is 114 Å². The van der Waals surface area contributed by atoms with Gasteiger partial charge in [-0.2, -0.15) is 0 Å². The van der Waals surface area contributed by atoms with Crippen molar-refractivity contribution in [3.8, 4) is 0 Å². The number of carboxylic acids is 1. The summed E-state index contributed by atoms with van der Waals surface area (Å²) in [6.07, 6.45) is 4.69. The summed E-state index contributed by atoms with van der Waals surface area (Å²) in [5.74, 6) is -0.989. The van der Waals surface area contributed by atoms with E-state index in [4.69, 9.17) is 5.11 Å². The smallest absolute Gasteiger partial charge is 0.337 e. The average Bonchev–Trinajstić information content (AvgIpc) is 2.47. The second kappa shape index (κ2) is 4.97. The molecule has 5 heteroatoms. The maximum absolute atomic E-state index is 11.1. The molecule has 5 nitrogen and oxygen atoms in total. The summed E-state index contributed by atoms with van der Waals surface area (Å²) in [5.41, 5.74) is 2.33. The Balaban J connectivity index is 1.99. The molecular weight excluding hydrogens is 254 g/mol. The zero-order valence-corrected chi connectivity index (χ0v) is 10.4. The topological polar surface area (TPSA) is 75.1 Å². The average molecular weight is 265 g/mol. The SMILES string of the molecule is O=C(O)c1ccncc1Nc1ccc2ncccc2c1. The number of carbonyl (C=O) groups is 1. The normalized spacial score (nSPS) is 10.4. The number of fused-ring (bicyclic) bond motifs is 1. The van der Waals surface area contributed by atoms with E-state index in [0.29, 0.717) is 5.69 Å². The van der Waals surface area contributed by atoms with Gasteiger partial charge in [-0.15, -0.1) is 0 Å². The highest BCUT2D eigenvalue weighted by Crippen LogP contribution is 2.23. The third kappa shape index (κ3) is 2.29. The summed E-state index contributed by atoms with van der Waals surface area (Å²) < 4.78 is 0. The third-order valence-corrected chi connectivity index (χ3v) is 2.93. The van der Waals surface area contributed by atoms with E-state index in [-0.39, 0.29) is 5.56 Å². The summed E-state index contributed by atoms with van der Waals surface area (Å²) in [4.78, 5) is 19.3. The molecule has 0 atom stereocenters. The number of pyridine rings is 2. The van der Waals surface area contributed by atoms with Crippen LogP contribution in [-0.2, 0) is 0 Å². The molecule has 0 saturated heterocycles. The van der Waals surface area contributed by atoms with Crippen molar-refractivity contribution in [3.05, 3.63) is 60.6 Å². The lowest BCUT2D eigenvalue weighted by Gasteiger charge is -2.09. The molecule has 0 unspecified atom stereocenters. The van der Waals surface area contributed by atoms with Gasteiger partial charge in [0, 0.05) is 23.5 Å². The fourth-order valence-corrected chi connectivity index (χ4v) is 1.99. The Morgan fingerprint density at radius 1 is 1.15 bits per heavy atom. The van der Waals surface area contributed by atoms with Crippen LogP contribution in [0.5, 0.6) is 0 Å². The molecule has 98 valence electrons. The molecule has 0 fully saturated rings. The molecule has 0 bridgehead atoms. The van der Waals surface area contributed by atoms with E-state index in [0.717, 1.165) is 16.6 Å². The van der Waals surface area contributed by atoms with Crippen molar-refractivity contribution < 1.29 is 9.90 Å². The zero-order valence-electron chi connectivity index (χ0n) is 10.4. The van der Waals surface area contributed by atoms with Gasteiger partial charge in [0.2, 0.25) is 0 Å². The van der Waals surface area contributed by atoms with E-state index in [2.05, 4.69) is 15.3 Å². The molecular formula is C15H11N3O2. The molecule has 3 aromatic rings. The number of nitrogens with zero attached hydrogens (tertiary/aromatic N) is 2. The van der Waals surface area contributed by atoms with Crippen LogP contribution in [0.3, 0.4) is 0 Å². The lowest BCUT2D eigenvalue weighted by molar-refractivity contribution is 0.0698. The number of rotatable bonds is 3. The van der Waals surface area contributed by atoms with Crippen LogP contribution in [0.25, 0.3) is 10.9 Å². The Morgan fingerprint density at radius 3 is 2.90 bits per heavy atom. The predicted molar refractivity (Wildman–Crippen MR) is 76.2 cm³/mol. The number of anilines is 2. The molecule has 0 amide bonds. The Kier molecular flexibility index (Phi) is 3.01. The molecule has 0 spiro atoms. The molecule has 0 aliphatic carbocycles. The van der Waals surface area contributed by atoms with E-state index in [1.165, 1.54) is 18.5 Å². The van der Waals surface area contributed by atoms with Gasteiger partial charge in [-0.3, -0.25) is 9.97 Å². The highest BCUT2D eigenvalue weighted by molar-refractivity contribution is 5.95. The van der Waals surface area contributed by atoms with E-state index in [1.54, 1.807) is 6.20 Å².